The van der Waals surface area contributed by atoms with E-state index in [0.717, 1.165) is 30.6 Å². The van der Waals surface area contributed by atoms with Gasteiger partial charge in [0.05, 0.1) is 6.54 Å². The van der Waals surface area contributed by atoms with Gasteiger partial charge in [0.2, 0.25) is 0 Å². The van der Waals surface area contributed by atoms with E-state index < -0.39 is 0 Å². The zero-order chi connectivity index (χ0) is 17.4. The number of guanidine groups is 1. The zero-order valence-electron chi connectivity index (χ0n) is 15.4. The summed E-state index contributed by atoms with van der Waals surface area (Å²) in [4.78, 5) is 12.1. The van der Waals surface area contributed by atoms with Crippen LogP contribution in [0.15, 0.2) is 35.5 Å². The van der Waals surface area contributed by atoms with Gasteiger partial charge in [-0.2, -0.15) is 0 Å². The molecular formula is C18H28IN5S. The molecule has 0 unspecified atom stereocenters. The molecule has 25 heavy (non-hydrogen) atoms. The summed E-state index contributed by atoms with van der Waals surface area (Å²) < 4.78 is 0. The van der Waals surface area contributed by atoms with Crippen LogP contribution in [0.4, 0.5) is 0 Å². The lowest BCUT2D eigenvalue weighted by Crippen LogP contribution is -2.36. The van der Waals surface area contributed by atoms with E-state index in [2.05, 4.69) is 70.7 Å². The minimum atomic E-state index is 0. The van der Waals surface area contributed by atoms with E-state index in [1.54, 1.807) is 18.4 Å². The molecule has 138 valence electrons. The van der Waals surface area contributed by atoms with Crippen molar-refractivity contribution < 1.29 is 0 Å². The fraction of sp³-hybridized carbons (Fsp3) is 0.444. The van der Waals surface area contributed by atoms with Gasteiger partial charge in [-0.1, -0.05) is 31.2 Å². The number of thiazole rings is 1. The molecule has 7 heteroatoms. The molecule has 0 saturated heterocycles. The van der Waals surface area contributed by atoms with E-state index in [-0.39, 0.29) is 24.0 Å². The number of benzene rings is 1. The summed E-state index contributed by atoms with van der Waals surface area (Å²) in [5, 5.41) is 7.73. The molecule has 2 aromatic rings. The van der Waals surface area contributed by atoms with Gasteiger partial charge in [0.25, 0.3) is 0 Å². The number of hydrogen-bond acceptors (Lipinski definition) is 4. The Kier molecular flexibility index (Phi) is 9.99. The van der Waals surface area contributed by atoms with Gasteiger partial charge in [0.1, 0.15) is 5.01 Å². The second kappa shape index (κ2) is 11.4. The molecule has 0 aliphatic carbocycles. The van der Waals surface area contributed by atoms with Crippen LogP contribution < -0.4 is 10.6 Å². The van der Waals surface area contributed by atoms with Crippen molar-refractivity contribution in [1.82, 2.24) is 20.5 Å². The maximum atomic E-state index is 4.36. The number of aryl methyl sites for hydroxylation is 1. The van der Waals surface area contributed by atoms with Gasteiger partial charge in [-0.15, -0.1) is 35.3 Å². The maximum absolute atomic E-state index is 4.36. The molecule has 0 fully saturated rings. The molecule has 0 bridgehead atoms. The number of hydrogen-bond donors (Lipinski definition) is 2. The minimum absolute atomic E-state index is 0. The lowest BCUT2D eigenvalue weighted by molar-refractivity contribution is 0.345. The van der Waals surface area contributed by atoms with Crippen molar-refractivity contribution in [3.8, 4) is 0 Å². The predicted octanol–water partition coefficient (Wildman–Crippen LogP) is 3.39. The van der Waals surface area contributed by atoms with Crippen molar-refractivity contribution in [1.29, 1.82) is 0 Å². The van der Waals surface area contributed by atoms with Crippen molar-refractivity contribution in [2.75, 3.05) is 20.6 Å². The number of rotatable bonds is 7. The monoisotopic (exact) mass is 473 g/mol. The summed E-state index contributed by atoms with van der Waals surface area (Å²) in [5.74, 6) is 0.791. The van der Waals surface area contributed by atoms with Crippen LogP contribution in [0.1, 0.15) is 27.9 Å². The Bertz CT molecular complexity index is 671. The van der Waals surface area contributed by atoms with Crippen molar-refractivity contribution in [2.24, 2.45) is 4.99 Å². The number of nitrogens with one attached hydrogen (secondary N) is 2. The molecule has 0 radical (unpaired) electrons. The average molecular weight is 473 g/mol. The first-order chi connectivity index (χ1) is 11.6. The zero-order valence-corrected chi connectivity index (χ0v) is 18.5. The van der Waals surface area contributed by atoms with Gasteiger partial charge in [0.15, 0.2) is 5.96 Å². The molecule has 0 spiro atoms. The summed E-state index contributed by atoms with van der Waals surface area (Å²) in [6.45, 7) is 7.71. The Morgan fingerprint density at radius 1 is 1.24 bits per heavy atom. The first kappa shape index (κ1) is 21.9. The summed E-state index contributed by atoms with van der Waals surface area (Å²) >= 11 is 1.70. The smallest absolute Gasteiger partial charge is 0.191 e. The molecule has 0 aliphatic heterocycles. The van der Waals surface area contributed by atoms with Gasteiger partial charge in [-0.05, 0) is 31.6 Å². The van der Waals surface area contributed by atoms with Crippen LogP contribution in [0.5, 0.6) is 0 Å². The number of halogens is 1. The van der Waals surface area contributed by atoms with Crippen LogP contribution in [-0.4, -0.2) is 36.5 Å². The normalized spacial score (nSPS) is 11.3. The Hall–Kier alpha value is -1.19. The Balaban J connectivity index is 0.00000312. The van der Waals surface area contributed by atoms with E-state index in [1.807, 2.05) is 6.20 Å². The van der Waals surface area contributed by atoms with Crippen molar-refractivity contribution >= 4 is 41.3 Å². The average Bonchev–Trinajstić information content (AvgIpc) is 3.00. The molecule has 0 saturated carbocycles. The molecule has 2 rings (SSSR count). The molecule has 0 amide bonds. The molecular weight excluding hydrogens is 445 g/mol. The van der Waals surface area contributed by atoms with Gasteiger partial charge >= 0.3 is 0 Å². The Labute approximate surface area is 172 Å². The standard InChI is InChI=1S/C18H27N5S.HI/c1-5-23(4)13-16-8-6-7-15(9-16)11-21-18(19-3)22-12-17-20-10-14(2)24-17;/h6-10H,5,11-13H2,1-4H3,(H2,19,21,22);1H. The van der Waals surface area contributed by atoms with Crippen molar-refractivity contribution in [2.45, 2.75) is 33.5 Å². The van der Waals surface area contributed by atoms with Crippen molar-refractivity contribution in [3.63, 3.8) is 0 Å². The summed E-state index contributed by atoms with van der Waals surface area (Å²) in [7, 11) is 3.92. The Morgan fingerprint density at radius 3 is 2.60 bits per heavy atom. The largest absolute Gasteiger partial charge is 0.352 e. The first-order valence-electron chi connectivity index (χ1n) is 8.23. The third-order valence-corrected chi connectivity index (χ3v) is 4.66. The number of aliphatic imine (C=N–C) groups is 1. The van der Waals surface area contributed by atoms with E-state index >= 15 is 0 Å². The SMILES string of the molecule is CCN(C)Cc1cccc(CNC(=NC)NCc2ncc(C)s2)c1.I. The molecule has 0 atom stereocenters. The van der Waals surface area contributed by atoms with E-state index in [9.17, 15) is 0 Å². The third kappa shape index (κ3) is 7.70. The lowest BCUT2D eigenvalue weighted by Gasteiger charge is -2.15. The minimum Gasteiger partial charge on any atom is -0.352 e. The molecule has 1 aromatic carbocycles. The fourth-order valence-corrected chi connectivity index (χ4v) is 3.04. The number of aromatic nitrogens is 1. The van der Waals surface area contributed by atoms with Gasteiger partial charge in [0, 0.05) is 31.2 Å². The van der Waals surface area contributed by atoms with Crippen LogP contribution in [0.3, 0.4) is 0 Å². The summed E-state index contributed by atoms with van der Waals surface area (Å²) in [6.07, 6.45) is 1.90. The highest BCUT2D eigenvalue weighted by atomic mass is 127. The van der Waals surface area contributed by atoms with Crippen LogP contribution in [0.25, 0.3) is 0 Å². The van der Waals surface area contributed by atoms with Crippen LogP contribution in [0.2, 0.25) is 0 Å². The topological polar surface area (TPSA) is 52.5 Å². The molecule has 0 aliphatic rings. The van der Waals surface area contributed by atoms with E-state index in [4.69, 9.17) is 0 Å². The predicted molar refractivity (Wildman–Crippen MR) is 118 cm³/mol. The lowest BCUT2D eigenvalue weighted by atomic mass is 10.1. The fourth-order valence-electron chi connectivity index (χ4n) is 2.31. The van der Waals surface area contributed by atoms with Gasteiger partial charge < -0.3 is 15.5 Å². The third-order valence-electron chi connectivity index (χ3n) is 3.74. The Morgan fingerprint density at radius 2 is 1.96 bits per heavy atom. The molecule has 1 heterocycles. The summed E-state index contributed by atoms with van der Waals surface area (Å²) in [5.41, 5.74) is 2.59. The number of nitrogens with zero attached hydrogens (tertiary/aromatic N) is 3. The molecule has 2 N–H and O–H groups in total. The van der Waals surface area contributed by atoms with Gasteiger partial charge in [-0.3, -0.25) is 4.99 Å². The second-order valence-corrected chi connectivity index (χ2v) is 7.11. The van der Waals surface area contributed by atoms with Crippen LogP contribution >= 0.6 is 35.3 Å². The quantitative estimate of drug-likeness (QED) is 0.368. The van der Waals surface area contributed by atoms with Crippen molar-refractivity contribution in [3.05, 3.63) is 51.5 Å². The van der Waals surface area contributed by atoms with E-state index in [1.165, 1.54) is 16.0 Å². The second-order valence-electron chi connectivity index (χ2n) is 5.79. The highest BCUT2D eigenvalue weighted by Gasteiger charge is 2.03. The van der Waals surface area contributed by atoms with Crippen LogP contribution in [-0.2, 0) is 19.6 Å². The van der Waals surface area contributed by atoms with Gasteiger partial charge in [-0.25, -0.2) is 4.98 Å². The highest BCUT2D eigenvalue weighted by Crippen LogP contribution is 2.10. The first-order valence-corrected chi connectivity index (χ1v) is 9.04. The van der Waals surface area contributed by atoms with Crippen LogP contribution in [0, 0.1) is 6.92 Å². The highest BCUT2D eigenvalue weighted by molar-refractivity contribution is 14.0. The summed E-state index contributed by atoms with van der Waals surface area (Å²) in [6, 6.07) is 8.68. The molecule has 1 aromatic heterocycles. The molecule has 5 nitrogen and oxygen atoms in total. The van der Waals surface area contributed by atoms with E-state index in [0.29, 0.717) is 6.54 Å². The maximum Gasteiger partial charge on any atom is 0.191 e.